The molecule has 3 N–H and O–H groups in total. The van der Waals surface area contributed by atoms with Crippen molar-refractivity contribution in [2.24, 2.45) is 12.5 Å². The molecular formula is C49H56ClN11O6S2. The number of fused-ring (bicyclic) bond motifs is 3. The number of sulfonamides is 1. The number of rotatable bonds is 11. The van der Waals surface area contributed by atoms with Crippen LogP contribution in [0.4, 0.5) is 17.1 Å². The maximum absolute atomic E-state index is 14.5. The number of hydrogen-bond donors (Lipinski definition) is 3. The first kappa shape index (κ1) is 47.0. The third-order valence-corrected chi connectivity index (χ3v) is 16.9. The van der Waals surface area contributed by atoms with Crippen molar-refractivity contribution in [3.8, 4) is 5.69 Å². The SMILES string of the molecule is CN1CCN(CC2CSc3cc(S(=O)(=O)NC(=O)c4ccc(N5CCN(CC6=C(c7ccc(Cl)cc7)CC(C)(C)CC6)CC5)cc4-n4c5cc6cc[nH]c6nc5c(=O)n4C)cc([N+](=O)[O-])c3N2)CC1. The summed E-state index contributed by atoms with van der Waals surface area (Å²) in [5.74, 6) is -0.392. The minimum atomic E-state index is -4.66. The Morgan fingerprint density at radius 3 is 2.45 bits per heavy atom. The predicted molar refractivity (Wildman–Crippen MR) is 273 cm³/mol. The maximum atomic E-state index is 14.5. The van der Waals surface area contributed by atoms with Gasteiger partial charge in [-0.3, -0.25) is 29.5 Å². The van der Waals surface area contributed by atoms with E-state index < -0.39 is 31.3 Å². The number of nitrogens with zero attached hydrogens (tertiary/aromatic N) is 8. The van der Waals surface area contributed by atoms with Crippen LogP contribution in [0.3, 0.4) is 0 Å². The van der Waals surface area contributed by atoms with E-state index in [9.17, 15) is 28.1 Å². The summed E-state index contributed by atoms with van der Waals surface area (Å²) < 4.78 is 33.6. The first-order chi connectivity index (χ1) is 33.0. The number of aromatic nitrogens is 4. The molecule has 10 rings (SSSR count). The van der Waals surface area contributed by atoms with Crippen LogP contribution in [0.1, 0.15) is 49.0 Å². The molecule has 1 unspecified atom stereocenters. The Kier molecular flexibility index (Phi) is 12.6. The molecule has 3 aromatic carbocycles. The number of aromatic amines is 1. The van der Waals surface area contributed by atoms with Gasteiger partial charge in [0.2, 0.25) is 0 Å². The fourth-order valence-electron chi connectivity index (χ4n) is 10.2. The molecule has 3 aliphatic heterocycles. The Hall–Kier alpha value is -5.70. The average molecular weight is 995 g/mol. The zero-order chi connectivity index (χ0) is 48.4. The number of thioether (sulfide) groups is 1. The number of carbonyl (C=O) groups is 1. The van der Waals surface area contributed by atoms with Crippen LogP contribution in [0.2, 0.25) is 5.02 Å². The highest BCUT2D eigenvalue weighted by molar-refractivity contribution is 7.99. The Bertz CT molecular complexity index is 3200. The van der Waals surface area contributed by atoms with E-state index in [2.05, 4.69) is 72.6 Å². The number of nitrogens with one attached hydrogen (secondary N) is 3. The second-order valence-corrected chi connectivity index (χ2v) is 22.8. The molecule has 6 heterocycles. The van der Waals surface area contributed by atoms with Crippen molar-refractivity contribution >= 4 is 84.0 Å². The Morgan fingerprint density at radius 1 is 0.971 bits per heavy atom. The summed E-state index contributed by atoms with van der Waals surface area (Å²) in [6.07, 6.45) is 4.87. The van der Waals surface area contributed by atoms with Gasteiger partial charge in [-0.25, -0.2) is 27.5 Å². The number of benzene rings is 3. The summed E-state index contributed by atoms with van der Waals surface area (Å²) >= 11 is 7.63. The van der Waals surface area contributed by atoms with Crippen molar-refractivity contribution in [1.29, 1.82) is 0 Å². The fourth-order valence-corrected chi connectivity index (χ4v) is 12.5. The molecule has 1 amide bonds. The molecule has 362 valence electrons. The van der Waals surface area contributed by atoms with Crippen LogP contribution in [0.5, 0.6) is 0 Å². The van der Waals surface area contributed by atoms with Gasteiger partial charge in [0.25, 0.3) is 27.2 Å². The number of hydrogen-bond acceptors (Lipinski definition) is 13. The molecule has 0 saturated carbocycles. The zero-order valence-electron chi connectivity index (χ0n) is 39.1. The highest BCUT2D eigenvalue weighted by atomic mass is 35.5. The van der Waals surface area contributed by atoms with Gasteiger partial charge in [0.05, 0.1) is 26.6 Å². The number of carbonyl (C=O) groups excluding carboxylic acids is 1. The normalized spacial score (nSPS) is 19.5. The van der Waals surface area contributed by atoms with Gasteiger partial charge in [-0.1, -0.05) is 43.2 Å². The van der Waals surface area contributed by atoms with Gasteiger partial charge >= 0.3 is 0 Å². The van der Waals surface area contributed by atoms with E-state index in [1.807, 2.05) is 30.3 Å². The minimum Gasteiger partial charge on any atom is -0.374 e. The number of nitro benzene ring substituents is 1. The van der Waals surface area contributed by atoms with Gasteiger partial charge in [0.1, 0.15) is 11.3 Å². The first-order valence-electron chi connectivity index (χ1n) is 23.3. The lowest BCUT2D eigenvalue weighted by molar-refractivity contribution is -0.384. The van der Waals surface area contributed by atoms with E-state index in [1.54, 1.807) is 30.1 Å². The molecule has 1 atom stereocenters. The summed E-state index contributed by atoms with van der Waals surface area (Å²) in [5, 5.41) is 17.3. The van der Waals surface area contributed by atoms with Crippen LogP contribution in [0, 0.1) is 15.5 Å². The van der Waals surface area contributed by atoms with E-state index in [-0.39, 0.29) is 39.6 Å². The molecule has 69 heavy (non-hydrogen) atoms. The van der Waals surface area contributed by atoms with Gasteiger partial charge in [-0.05, 0) is 91.4 Å². The van der Waals surface area contributed by atoms with E-state index in [4.69, 9.17) is 11.6 Å². The zero-order valence-corrected chi connectivity index (χ0v) is 41.5. The van der Waals surface area contributed by atoms with E-state index >= 15 is 0 Å². The summed E-state index contributed by atoms with van der Waals surface area (Å²) in [6, 6.07) is 19.3. The Labute approximate surface area is 409 Å². The Morgan fingerprint density at radius 2 is 1.71 bits per heavy atom. The van der Waals surface area contributed by atoms with Gasteiger partial charge in [0.15, 0.2) is 5.52 Å². The smallest absolute Gasteiger partial charge is 0.294 e. The van der Waals surface area contributed by atoms with Crippen LogP contribution in [-0.2, 0) is 17.1 Å². The number of piperazine rings is 2. The fraction of sp³-hybridized carbons (Fsp3) is 0.408. The lowest BCUT2D eigenvalue weighted by atomic mass is 9.72. The molecule has 17 nitrogen and oxygen atoms in total. The van der Waals surface area contributed by atoms with Gasteiger partial charge in [-0.2, -0.15) is 0 Å². The average Bonchev–Trinajstić information content (AvgIpc) is 3.89. The number of halogens is 1. The number of pyridine rings is 1. The van der Waals surface area contributed by atoms with Crippen LogP contribution in [0.25, 0.3) is 33.3 Å². The molecule has 0 spiro atoms. The quantitative estimate of drug-likeness (QED) is 0.0910. The van der Waals surface area contributed by atoms with Gasteiger partial charge in [0, 0.05) is 118 Å². The number of amides is 1. The summed E-state index contributed by atoms with van der Waals surface area (Å²) in [6.45, 7) is 12.8. The lowest BCUT2D eigenvalue weighted by Crippen LogP contribution is -2.49. The highest BCUT2D eigenvalue weighted by Gasteiger charge is 2.34. The number of nitro groups is 1. The molecule has 0 radical (unpaired) electrons. The third kappa shape index (κ3) is 9.51. The maximum Gasteiger partial charge on any atom is 0.294 e. The van der Waals surface area contributed by atoms with Crippen LogP contribution in [-0.4, -0.2) is 138 Å². The van der Waals surface area contributed by atoms with Crippen molar-refractivity contribution in [3.63, 3.8) is 0 Å². The van der Waals surface area contributed by atoms with Crippen LogP contribution < -0.4 is 20.5 Å². The predicted octanol–water partition coefficient (Wildman–Crippen LogP) is 6.81. The molecule has 3 aromatic heterocycles. The summed E-state index contributed by atoms with van der Waals surface area (Å²) in [4.78, 5) is 57.3. The van der Waals surface area contributed by atoms with Crippen molar-refractivity contribution in [2.75, 3.05) is 88.5 Å². The molecule has 0 bridgehead atoms. The van der Waals surface area contributed by atoms with Crippen LogP contribution in [0.15, 0.2) is 93.1 Å². The topological polar surface area (TPSA) is 187 Å². The summed E-state index contributed by atoms with van der Waals surface area (Å²) in [7, 11) is -1.00. The van der Waals surface area contributed by atoms with Gasteiger partial charge < -0.3 is 20.1 Å². The van der Waals surface area contributed by atoms with Crippen molar-refractivity contribution in [1.82, 2.24) is 38.8 Å². The molecular weight excluding hydrogens is 938 g/mol. The lowest BCUT2D eigenvalue weighted by Gasteiger charge is -2.39. The molecule has 1 aliphatic carbocycles. The highest BCUT2D eigenvalue weighted by Crippen LogP contribution is 2.44. The van der Waals surface area contributed by atoms with E-state index in [1.165, 1.54) is 39.2 Å². The molecule has 2 fully saturated rings. The number of H-pyrrole nitrogens is 1. The van der Waals surface area contributed by atoms with Crippen molar-refractivity contribution in [2.45, 2.75) is 48.9 Å². The van der Waals surface area contributed by atoms with Gasteiger partial charge in [-0.15, -0.1) is 11.8 Å². The van der Waals surface area contributed by atoms with Crippen LogP contribution >= 0.6 is 23.4 Å². The van der Waals surface area contributed by atoms with E-state index in [0.717, 1.165) is 87.2 Å². The van der Waals surface area contributed by atoms with Crippen molar-refractivity contribution in [3.05, 3.63) is 115 Å². The molecule has 2 saturated heterocycles. The second-order valence-electron chi connectivity index (χ2n) is 19.6. The Balaban J connectivity index is 0.940. The van der Waals surface area contributed by atoms with E-state index in [0.29, 0.717) is 41.4 Å². The number of anilines is 2. The third-order valence-electron chi connectivity index (χ3n) is 14.2. The second kappa shape index (κ2) is 18.6. The monoisotopic (exact) mass is 993 g/mol. The largest absolute Gasteiger partial charge is 0.374 e. The number of likely N-dealkylation sites (N-methyl/N-ethyl adjacent to an activating group) is 1. The molecule has 20 heteroatoms. The molecule has 6 aromatic rings. The minimum absolute atomic E-state index is 0.0280. The van der Waals surface area contributed by atoms with Crippen molar-refractivity contribution < 1.29 is 18.1 Å². The summed E-state index contributed by atoms with van der Waals surface area (Å²) in [5.41, 5.74) is 5.88. The molecule has 4 aliphatic rings. The standard InChI is InChI=1S/C49H56ClN11O6S2/c1-49(2)13-11-33(39(27-49)31-5-7-34(50)8-6-31)28-57-19-21-59(22-20-57)36-9-10-38(40(24-36)60-41-23-32-12-14-51-46(32)53-45(41)48(63)56(60)4)47(62)54-69(66,67)37-25-42(61(64)65)44-43(26-37)68-30-35(52-44)29-58-17-15-55(3)16-18-58/h5-10,12,14,23-26,35,52H,11,13,15-22,27-30H2,1-4H3,(H,51,53)(H,54,62). The first-order valence-corrected chi connectivity index (χ1v) is 26.2. The number of allylic oxidation sites excluding steroid dienone is 1.